The lowest BCUT2D eigenvalue weighted by molar-refractivity contribution is -0.274. The topological polar surface area (TPSA) is 87.6 Å². The fourth-order valence-corrected chi connectivity index (χ4v) is 3.52. The van der Waals surface area contributed by atoms with E-state index in [0.29, 0.717) is 19.2 Å². The zero-order valence-electron chi connectivity index (χ0n) is 17.3. The van der Waals surface area contributed by atoms with Gasteiger partial charge in [-0.2, -0.15) is 4.39 Å². The predicted octanol–water partition coefficient (Wildman–Crippen LogP) is 4.14. The molecule has 0 saturated carbocycles. The molecule has 1 fully saturated rings. The van der Waals surface area contributed by atoms with Crippen LogP contribution < -0.4 is 15.0 Å². The number of amides is 1. The Morgan fingerprint density at radius 1 is 1.09 bits per heavy atom. The molecule has 178 valence electrons. The van der Waals surface area contributed by atoms with Crippen LogP contribution in [-0.2, 0) is 0 Å². The van der Waals surface area contributed by atoms with Gasteiger partial charge in [0.1, 0.15) is 17.4 Å². The summed E-state index contributed by atoms with van der Waals surface area (Å²) in [7, 11) is 0. The van der Waals surface area contributed by atoms with E-state index >= 15 is 0 Å². The van der Waals surface area contributed by atoms with Crippen LogP contribution in [0.1, 0.15) is 16.8 Å². The van der Waals surface area contributed by atoms with Crippen molar-refractivity contribution in [1.82, 2.24) is 9.97 Å². The maximum Gasteiger partial charge on any atom is 0.573 e. The highest BCUT2D eigenvalue weighted by Crippen LogP contribution is 2.34. The first kappa shape index (κ1) is 23.4. The highest BCUT2D eigenvalue weighted by Gasteiger charge is 2.31. The minimum absolute atomic E-state index is 0.0159. The molecule has 0 unspecified atom stereocenters. The van der Waals surface area contributed by atoms with E-state index in [0.717, 1.165) is 18.2 Å². The van der Waals surface area contributed by atoms with Gasteiger partial charge in [0.15, 0.2) is 0 Å². The zero-order valence-corrected chi connectivity index (χ0v) is 17.3. The molecule has 12 heteroatoms. The number of aromatic nitrogens is 2. The number of anilines is 2. The minimum atomic E-state index is -4.85. The summed E-state index contributed by atoms with van der Waals surface area (Å²) in [5, 5.41) is 12.4. The Labute approximate surface area is 189 Å². The second-order valence-corrected chi connectivity index (χ2v) is 7.50. The first-order valence-corrected chi connectivity index (χ1v) is 10.0. The number of benzene rings is 1. The number of ether oxygens (including phenoxy) is 1. The van der Waals surface area contributed by atoms with E-state index in [1.54, 1.807) is 4.90 Å². The molecule has 3 heterocycles. The molecule has 1 amide bonds. The van der Waals surface area contributed by atoms with Gasteiger partial charge in [0.25, 0.3) is 5.91 Å². The maximum atomic E-state index is 14.5. The molecule has 1 aromatic carbocycles. The van der Waals surface area contributed by atoms with Gasteiger partial charge >= 0.3 is 6.36 Å². The number of nitrogens with zero attached hydrogens (tertiary/aromatic N) is 3. The SMILES string of the molecule is O=C(Nc1ccc(OC(F)(F)F)cc1)c1cnc(N2CC[C@@H](O)C2)c(-c2cc(F)cnc2F)c1. The molecular formula is C22H17F5N4O3. The van der Waals surface area contributed by atoms with E-state index < -0.39 is 35.9 Å². The Kier molecular flexibility index (Phi) is 6.33. The van der Waals surface area contributed by atoms with E-state index in [1.807, 2.05) is 0 Å². The van der Waals surface area contributed by atoms with E-state index in [4.69, 9.17) is 0 Å². The summed E-state index contributed by atoms with van der Waals surface area (Å²) in [5.74, 6) is -2.66. The summed E-state index contributed by atoms with van der Waals surface area (Å²) in [5.41, 5.74) is 0.0385. The fourth-order valence-electron chi connectivity index (χ4n) is 3.52. The largest absolute Gasteiger partial charge is 0.573 e. The van der Waals surface area contributed by atoms with Crippen LogP contribution in [0.15, 0.2) is 48.8 Å². The summed E-state index contributed by atoms with van der Waals surface area (Å²) in [6, 6.07) is 6.72. The molecule has 1 aliphatic heterocycles. The maximum absolute atomic E-state index is 14.5. The van der Waals surface area contributed by atoms with Gasteiger partial charge in [0.05, 0.1) is 17.9 Å². The minimum Gasteiger partial charge on any atom is -0.406 e. The second kappa shape index (κ2) is 9.21. The molecule has 0 radical (unpaired) electrons. The number of nitrogens with one attached hydrogen (secondary N) is 1. The number of carbonyl (C=O) groups is 1. The quantitative estimate of drug-likeness (QED) is 0.422. The third kappa shape index (κ3) is 5.39. The van der Waals surface area contributed by atoms with Gasteiger partial charge in [0, 0.05) is 36.1 Å². The van der Waals surface area contributed by atoms with Crippen molar-refractivity contribution < 1.29 is 36.6 Å². The van der Waals surface area contributed by atoms with Crippen LogP contribution in [0.5, 0.6) is 5.75 Å². The van der Waals surface area contributed by atoms with Gasteiger partial charge in [-0.1, -0.05) is 0 Å². The average Bonchev–Trinajstić information content (AvgIpc) is 3.21. The standard InChI is InChI=1S/C22H17F5N4O3/c23-13-8-17(19(24)28-10-13)18-7-12(9-29-20(18)31-6-5-15(32)11-31)21(33)30-14-1-3-16(4-2-14)34-22(25,26)27/h1-4,7-10,15,32H,5-6,11H2,(H,30,33)/t15-/m1/s1. The van der Waals surface area contributed by atoms with Crippen molar-refractivity contribution in [2.75, 3.05) is 23.3 Å². The van der Waals surface area contributed by atoms with Crippen molar-refractivity contribution >= 4 is 17.4 Å². The van der Waals surface area contributed by atoms with Gasteiger partial charge < -0.3 is 20.1 Å². The van der Waals surface area contributed by atoms with E-state index in [2.05, 4.69) is 20.0 Å². The number of carbonyl (C=O) groups excluding carboxylic acids is 1. The third-order valence-corrected chi connectivity index (χ3v) is 5.03. The van der Waals surface area contributed by atoms with E-state index in [9.17, 15) is 31.9 Å². The van der Waals surface area contributed by atoms with Crippen molar-refractivity contribution in [2.24, 2.45) is 0 Å². The third-order valence-electron chi connectivity index (χ3n) is 5.03. The van der Waals surface area contributed by atoms with Crippen LogP contribution >= 0.6 is 0 Å². The summed E-state index contributed by atoms with van der Waals surface area (Å²) in [6.45, 7) is 0.645. The number of hydrogen-bond acceptors (Lipinski definition) is 6. The molecular weight excluding hydrogens is 463 g/mol. The fraction of sp³-hybridized carbons (Fsp3) is 0.227. The van der Waals surface area contributed by atoms with Crippen molar-refractivity contribution in [3.05, 3.63) is 66.1 Å². The Morgan fingerprint density at radius 3 is 2.47 bits per heavy atom. The smallest absolute Gasteiger partial charge is 0.406 e. The molecule has 0 bridgehead atoms. The second-order valence-electron chi connectivity index (χ2n) is 7.50. The number of alkyl halides is 3. The predicted molar refractivity (Wildman–Crippen MR) is 111 cm³/mol. The molecule has 0 spiro atoms. The molecule has 4 rings (SSSR count). The first-order valence-electron chi connectivity index (χ1n) is 10.0. The molecule has 1 atom stereocenters. The first-order chi connectivity index (χ1) is 16.1. The summed E-state index contributed by atoms with van der Waals surface area (Å²) >= 11 is 0. The lowest BCUT2D eigenvalue weighted by Gasteiger charge is -2.21. The normalized spacial score (nSPS) is 15.9. The lowest BCUT2D eigenvalue weighted by Crippen LogP contribution is -2.23. The van der Waals surface area contributed by atoms with Gasteiger partial charge in [-0.05, 0) is 42.8 Å². The highest BCUT2D eigenvalue weighted by atomic mass is 19.4. The average molecular weight is 480 g/mol. The summed E-state index contributed by atoms with van der Waals surface area (Å²) in [4.78, 5) is 22.1. The Balaban J connectivity index is 1.63. The summed E-state index contributed by atoms with van der Waals surface area (Å²) in [6.07, 6.45) is -3.06. The summed E-state index contributed by atoms with van der Waals surface area (Å²) < 4.78 is 69.0. The number of rotatable bonds is 5. The van der Waals surface area contributed by atoms with Crippen LogP contribution in [0.25, 0.3) is 11.1 Å². The van der Waals surface area contributed by atoms with Crippen molar-refractivity contribution in [1.29, 1.82) is 0 Å². The lowest BCUT2D eigenvalue weighted by atomic mass is 10.0. The number of aliphatic hydroxyl groups excluding tert-OH is 1. The van der Waals surface area contributed by atoms with Crippen LogP contribution in [0.4, 0.5) is 33.5 Å². The Morgan fingerprint density at radius 2 is 1.82 bits per heavy atom. The molecule has 34 heavy (non-hydrogen) atoms. The van der Waals surface area contributed by atoms with Crippen LogP contribution in [-0.4, -0.2) is 46.5 Å². The van der Waals surface area contributed by atoms with Crippen molar-refractivity contribution in [3.8, 4) is 16.9 Å². The van der Waals surface area contributed by atoms with Gasteiger partial charge in [-0.25, -0.2) is 14.4 Å². The molecule has 0 aliphatic carbocycles. The van der Waals surface area contributed by atoms with Crippen LogP contribution in [0, 0.1) is 11.8 Å². The molecule has 1 aliphatic rings. The van der Waals surface area contributed by atoms with Gasteiger partial charge in [-0.15, -0.1) is 13.2 Å². The number of hydrogen-bond donors (Lipinski definition) is 2. The van der Waals surface area contributed by atoms with Crippen molar-refractivity contribution in [3.63, 3.8) is 0 Å². The molecule has 7 nitrogen and oxygen atoms in total. The van der Waals surface area contributed by atoms with Crippen LogP contribution in [0.3, 0.4) is 0 Å². The van der Waals surface area contributed by atoms with Crippen molar-refractivity contribution in [2.45, 2.75) is 18.9 Å². The highest BCUT2D eigenvalue weighted by molar-refractivity contribution is 6.05. The molecule has 1 saturated heterocycles. The number of halogens is 5. The molecule has 2 N–H and O–H groups in total. The van der Waals surface area contributed by atoms with E-state index in [-0.39, 0.29) is 34.7 Å². The number of pyridine rings is 2. The number of β-amino-alcohol motifs (C(OH)–C–C–N with tert-alkyl or cyclic N) is 1. The van der Waals surface area contributed by atoms with E-state index in [1.165, 1.54) is 24.4 Å². The monoisotopic (exact) mass is 480 g/mol. The van der Waals surface area contributed by atoms with Gasteiger partial charge in [-0.3, -0.25) is 4.79 Å². The van der Waals surface area contributed by atoms with Crippen LogP contribution in [0.2, 0.25) is 0 Å². The zero-order chi connectivity index (χ0) is 24.5. The van der Waals surface area contributed by atoms with Gasteiger partial charge in [0.2, 0.25) is 5.95 Å². The Hall–Kier alpha value is -3.80. The molecule has 3 aromatic rings. The number of aliphatic hydroxyl groups is 1. The molecule has 2 aromatic heterocycles. The Bertz CT molecular complexity index is 1200.